The first-order chi connectivity index (χ1) is 16.7. The van der Waals surface area contributed by atoms with E-state index in [9.17, 15) is 14.4 Å². The number of pyridine rings is 1. The van der Waals surface area contributed by atoms with Crippen molar-refractivity contribution in [3.05, 3.63) is 40.1 Å². The molecule has 36 heavy (non-hydrogen) atoms. The van der Waals surface area contributed by atoms with Crippen molar-refractivity contribution in [1.82, 2.24) is 24.8 Å². The van der Waals surface area contributed by atoms with E-state index in [-0.39, 0.29) is 28.5 Å². The van der Waals surface area contributed by atoms with Crippen LogP contribution in [0.1, 0.15) is 70.4 Å². The quantitative estimate of drug-likeness (QED) is 0.589. The van der Waals surface area contributed by atoms with Gasteiger partial charge in [-0.3, -0.25) is 24.4 Å². The number of hydrogen-bond donors (Lipinski definition) is 3. The minimum atomic E-state index is -0.761. The molecule has 0 unspecified atom stereocenters. The highest BCUT2D eigenvalue weighted by atomic mass is 16.6. The Kier molecular flexibility index (Phi) is 6.32. The van der Waals surface area contributed by atoms with Crippen LogP contribution >= 0.6 is 0 Å². The zero-order chi connectivity index (χ0) is 26.5. The second-order valence-corrected chi connectivity index (χ2v) is 11.4. The average molecular weight is 498 g/mol. The molecule has 0 bridgehead atoms. The Morgan fingerprint density at radius 2 is 1.69 bits per heavy atom. The molecule has 3 N–H and O–H groups in total. The summed E-state index contributed by atoms with van der Waals surface area (Å²) < 4.78 is 6.88. The summed E-state index contributed by atoms with van der Waals surface area (Å²) >= 11 is 0. The number of rotatable bonds is 3. The molecule has 2 aliphatic rings. The van der Waals surface area contributed by atoms with Crippen molar-refractivity contribution in [3.8, 4) is 0 Å². The molecule has 2 aromatic rings. The van der Waals surface area contributed by atoms with E-state index in [1.54, 1.807) is 31.4 Å². The summed E-state index contributed by atoms with van der Waals surface area (Å²) in [4.78, 5) is 49.3. The molecule has 194 valence electrons. The number of anilines is 3. The van der Waals surface area contributed by atoms with Gasteiger partial charge in [0.05, 0.1) is 0 Å². The third kappa shape index (κ3) is 5.06. The summed E-state index contributed by atoms with van der Waals surface area (Å²) in [6.45, 7) is 15.1. The summed E-state index contributed by atoms with van der Waals surface area (Å²) in [5.41, 5.74) is -0.348. The fourth-order valence-corrected chi connectivity index (χ4v) is 4.79. The van der Waals surface area contributed by atoms with Crippen LogP contribution in [0.4, 0.5) is 22.1 Å². The second kappa shape index (κ2) is 8.88. The lowest BCUT2D eigenvalue weighted by Gasteiger charge is -2.45. The number of aromatic nitrogens is 3. The van der Waals surface area contributed by atoms with E-state index in [1.165, 1.54) is 12.4 Å². The van der Waals surface area contributed by atoms with Gasteiger partial charge in [0.1, 0.15) is 40.6 Å². The number of ether oxygens (including phenoxy) is 1. The second-order valence-electron chi connectivity index (χ2n) is 11.4. The van der Waals surface area contributed by atoms with Crippen molar-refractivity contribution in [3.63, 3.8) is 0 Å². The van der Waals surface area contributed by atoms with E-state index in [0.717, 1.165) is 13.1 Å². The van der Waals surface area contributed by atoms with Crippen LogP contribution in [-0.2, 0) is 10.4 Å². The number of nitrogens with one attached hydrogen (secondary N) is 3. The molecule has 11 nitrogen and oxygen atoms in total. The van der Waals surface area contributed by atoms with Crippen molar-refractivity contribution in [2.75, 3.05) is 23.7 Å². The van der Waals surface area contributed by atoms with Gasteiger partial charge in [-0.05, 0) is 60.1 Å². The van der Waals surface area contributed by atoms with E-state index < -0.39 is 17.4 Å². The topological polar surface area (TPSA) is 130 Å². The SMILES string of the molecule is Cc1cc(Nc2cc(NC(=O)OC(C)(C)C)ncn2)c(=O)n2c1C(=O)NC21CCN(C(C)(C)C)CC1. The van der Waals surface area contributed by atoms with Gasteiger partial charge in [-0.1, -0.05) is 0 Å². The molecule has 1 spiro atoms. The predicted octanol–water partition coefficient (Wildman–Crippen LogP) is 3.33. The maximum Gasteiger partial charge on any atom is 0.413 e. The molecule has 0 aromatic carbocycles. The van der Waals surface area contributed by atoms with Gasteiger partial charge in [-0.15, -0.1) is 0 Å². The fourth-order valence-electron chi connectivity index (χ4n) is 4.79. The van der Waals surface area contributed by atoms with Crippen LogP contribution < -0.4 is 21.5 Å². The number of piperidine rings is 1. The smallest absolute Gasteiger partial charge is 0.413 e. The number of nitrogens with zero attached hydrogens (tertiary/aromatic N) is 4. The van der Waals surface area contributed by atoms with E-state index >= 15 is 0 Å². The first kappa shape index (κ1) is 25.6. The van der Waals surface area contributed by atoms with Crippen LogP contribution in [0, 0.1) is 6.92 Å². The normalized spacial score (nSPS) is 17.5. The fraction of sp³-hybridized carbons (Fsp3) is 0.560. The van der Waals surface area contributed by atoms with Gasteiger partial charge in [0.25, 0.3) is 11.5 Å². The van der Waals surface area contributed by atoms with Crippen LogP contribution in [0.3, 0.4) is 0 Å². The van der Waals surface area contributed by atoms with Crippen molar-refractivity contribution in [1.29, 1.82) is 0 Å². The Morgan fingerprint density at radius 3 is 2.31 bits per heavy atom. The third-order valence-corrected chi connectivity index (χ3v) is 6.48. The number of likely N-dealkylation sites (tertiary alicyclic amines) is 1. The van der Waals surface area contributed by atoms with Crippen molar-refractivity contribution in [2.24, 2.45) is 0 Å². The summed E-state index contributed by atoms with van der Waals surface area (Å²) in [5, 5.41) is 8.73. The van der Waals surface area contributed by atoms with E-state index in [4.69, 9.17) is 4.74 Å². The highest BCUT2D eigenvalue weighted by Gasteiger charge is 2.47. The number of carbonyl (C=O) groups is 2. The first-order valence-corrected chi connectivity index (χ1v) is 12.1. The standard InChI is InChI=1S/C25H35N7O4/c1-15-12-16(28-17-13-18(27-14-26-17)29-22(35)36-24(5,6)7)21(34)32-19(15)20(33)30-25(32)8-10-31(11-9-25)23(2,3)4/h12-14H,8-11H2,1-7H3,(H,30,33)(H2,26,27,28,29,35). The molecule has 1 saturated heterocycles. The molecule has 0 atom stereocenters. The molecule has 4 rings (SSSR count). The highest BCUT2D eigenvalue weighted by molar-refractivity contribution is 5.97. The molecule has 2 aliphatic heterocycles. The Balaban J connectivity index is 1.62. The Bertz CT molecular complexity index is 1250. The number of fused-ring (bicyclic) bond motifs is 2. The van der Waals surface area contributed by atoms with Gasteiger partial charge in [-0.2, -0.15) is 0 Å². The summed E-state index contributed by atoms with van der Waals surface area (Å²) in [6, 6.07) is 3.16. The third-order valence-electron chi connectivity index (χ3n) is 6.48. The Labute approximate surface area is 210 Å². The predicted molar refractivity (Wildman–Crippen MR) is 137 cm³/mol. The molecule has 1 fully saturated rings. The van der Waals surface area contributed by atoms with Crippen LogP contribution in [0.15, 0.2) is 23.3 Å². The highest BCUT2D eigenvalue weighted by Crippen LogP contribution is 2.36. The number of hydrogen-bond acceptors (Lipinski definition) is 8. The zero-order valence-corrected chi connectivity index (χ0v) is 22.0. The van der Waals surface area contributed by atoms with E-state index in [2.05, 4.69) is 51.6 Å². The molecule has 0 radical (unpaired) electrons. The van der Waals surface area contributed by atoms with Crippen LogP contribution in [0.2, 0.25) is 0 Å². The number of aryl methyl sites for hydroxylation is 1. The lowest BCUT2D eigenvalue weighted by Crippen LogP contribution is -2.57. The van der Waals surface area contributed by atoms with Gasteiger partial charge in [0, 0.05) is 37.5 Å². The maximum absolute atomic E-state index is 13.7. The summed E-state index contributed by atoms with van der Waals surface area (Å²) in [5.74, 6) is 0.316. The average Bonchev–Trinajstić information content (AvgIpc) is 3.02. The lowest BCUT2D eigenvalue weighted by atomic mass is 9.93. The summed E-state index contributed by atoms with van der Waals surface area (Å²) in [7, 11) is 0. The maximum atomic E-state index is 13.7. The van der Waals surface area contributed by atoms with Crippen LogP contribution in [0.25, 0.3) is 0 Å². The molecular weight excluding hydrogens is 462 g/mol. The van der Waals surface area contributed by atoms with Gasteiger partial charge < -0.3 is 15.4 Å². The Morgan fingerprint density at radius 1 is 1.06 bits per heavy atom. The largest absolute Gasteiger partial charge is 0.444 e. The first-order valence-electron chi connectivity index (χ1n) is 12.1. The minimum absolute atomic E-state index is 0.00932. The lowest BCUT2D eigenvalue weighted by molar-refractivity contribution is 0.0372. The Hall–Kier alpha value is -3.47. The van der Waals surface area contributed by atoms with E-state index in [0.29, 0.717) is 29.9 Å². The zero-order valence-electron chi connectivity index (χ0n) is 22.0. The number of carbonyl (C=O) groups excluding carboxylic acids is 2. The van der Waals surface area contributed by atoms with Crippen LogP contribution in [0.5, 0.6) is 0 Å². The molecule has 2 aromatic heterocycles. The van der Waals surface area contributed by atoms with Gasteiger partial charge in [0.2, 0.25) is 0 Å². The molecule has 0 saturated carbocycles. The monoisotopic (exact) mass is 497 g/mol. The minimum Gasteiger partial charge on any atom is -0.444 e. The van der Waals surface area contributed by atoms with Crippen molar-refractivity contribution < 1.29 is 14.3 Å². The van der Waals surface area contributed by atoms with Crippen molar-refractivity contribution >= 4 is 29.3 Å². The van der Waals surface area contributed by atoms with Gasteiger partial charge >= 0.3 is 6.09 Å². The number of amides is 2. The molecule has 11 heteroatoms. The summed E-state index contributed by atoms with van der Waals surface area (Å²) in [6.07, 6.45) is 1.89. The van der Waals surface area contributed by atoms with Crippen molar-refractivity contribution in [2.45, 2.75) is 78.1 Å². The van der Waals surface area contributed by atoms with E-state index in [1.807, 2.05) is 6.92 Å². The molecule has 0 aliphatic carbocycles. The van der Waals surface area contributed by atoms with Gasteiger partial charge in [0.15, 0.2) is 0 Å². The molecule has 4 heterocycles. The van der Waals surface area contributed by atoms with Gasteiger partial charge in [-0.25, -0.2) is 14.8 Å². The van der Waals surface area contributed by atoms with Crippen LogP contribution in [-0.4, -0.2) is 55.7 Å². The molecule has 2 amide bonds. The molecular formula is C25H35N7O4.